The molecule has 6 nitrogen and oxygen atoms in total. The molecule has 0 bridgehead atoms. The third-order valence-corrected chi connectivity index (χ3v) is 2.83. The highest BCUT2D eigenvalue weighted by Crippen LogP contribution is 2.24. The number of Topliss-reactive ketones (excluding diaryl/α,β-unsaturated/α-hetero) is 1. The first kappa shape index (κ1) is 14.2. The molecule has 2 aromatic rings. The number of likely N-dealkylation sites (N-methyl/N-ethyl adjacent to an activating group) is 1. The number of aromatic nitrogens is 3. The first-order chi connectivity index (χ1) is 9.58. The molecule has 2 rings (SSSR count). The van der Waals surface area contributed by atoms with Gasteiger partial charge in [0.1, 0.15) is 30.7 Å². The fraction of sp³-hybridized carbons (Fsp3) is 0.357. The molecule has 0 spiro atoms. The molecule has 0 aliphatic carbocycles. The Balaban J connectivity index is 2.28. The molecule has 0 aliphatic rings. The predicted molar refractivity (Wildman–Crippen MR) is 75.4 cm³/mol. The van der Waals surface area contributed by atoms with E-state index in [2.05, 4.69) is 10.1 Å². The Morgan fingerprint density at radius 3 is 2.80 bits per heavy atom. The molecule has 0 aliphatic heterocycles. The highest BCUT2D eigenvalue weighted by Gasteiger charge is 2.10. The zero-order valence-corrected chi connectivity index (χ0v) is 11.9. The van der Waals surface area contributed by atoms with Crippen molar-refractivity contribution >= 4 is 5.78 Å². The standard InChI is InChI=1S/C14H18N4O2/c1-11(19)12-4-5-13(18-10-15-9-16-18)14(8-12)20-7-6-17(2)3/h4-5,8-10H,6-7H2,1-3H3. The minimum atomic E-state index is 0.00704. The SMILES string of the molecule is CC(=O)c1ccc(-n2cncn2)c(OCCN(C)C)c1. The van der Waals surface area contributed by atoms with Gasteiger partial charge in [-0.05, 0) is 39.2 Å². The Kier molecular flexibility index (Phi) is 4.47. The van der Waals surface area contributed by atoms with Crippen LogP contribution in [-0.4, -0.2) is 52.7 Å². The molecule has 0 N–H and O–H groups in total. The van der Waals surface area contributed by atoms with E-state index in [1.54, 1.807) is 23.1 Å². The Labute approximate surface area is 118 Å². The van der Waals surface area contributed by atoms with E-state index in [0.29, 0.717) is 17.9 Å². The Morgan fingerprint density at radius 2 is 2.20 bits per heavy atom. The highest BCUT2D eigenvalue weighted by molar-refractivity contribution is 5.94. The maximum absolute atomic E-state index is 11.5. The second-order valence-corrected chi connectivity index (χ2v) is 4.73. The lowest BCUT2D eigenvalue weighted by Gasteiger charge is -2.14. The Morgan fingerprint density at radius 1 is 1.40 bits per heavy atom. The maximum atomic E-state index is 11.5. The van der Waals surface area contributed by atoms with E-state index in [1.807, 2.05) is 25.1 Å². The van der Waals surface area contributed by atoms with Crippen molar-refractivity contribution in [2.24, 2.45) is 0 Å². The van der Waals surface area contributed by atoms with Crippen LogP contribution >= 0.6 is 0 Å². The van der Waals surface area contributed by atoms with Gasteiger partial charge in [0.05, 0.1) is 0 Å². The van der Waals surface area contributed by atoms with Gasteiger partial charge in [0.2, 0.25) is 0 Å². The van der Waals surface area contributed by atoms with Gasteiger partial charge < -0.3 is 9.64 Å². The van der Waals surface area contributed by atoms with Crippen LogP contribution in [0.15, 0.2) is 30.9 Å². The molecular weight excluding hydrogens is 256 g/mol. The summed E-state index contributed by atoms with van der Waals surface area (Å²) < 4.78 is 7.40. The number of ether oxygens (including phenoxy) is 1. The molecule has 0 radical (unpaired) electrons. The summed E-state index contributed by atoms with van der Waals surface area (Å²) in [6.07, 6.45) is 3.06. The van der Waals surface area contributed by atoms with Crippen molar-refractivity contribution in [2.75, 3.05) is 27.2 Å². The summed E-state index contributed by atoms with van der Waals surface area (Å²) in [7, 11) is 3.96. The van der Waals surface area contributed by atoms with Crippen LogP contribution in [0.3, 0.4) is 0 Å². The minimum Gasteiger partial charge on any atom is -0.490 e. The second kappa shape index (κ2) is 6.29. The first-order valence-electron chi connectivity index (χ1n) is 6.35. The number of carbonyl (C=O) groups excluding carboxylic acids is 1. The molecule has 0 unspecified atom stereocenters. The van der Waals surface area contributed by atoms with Crippen molar-refractivity contribution in [2.45, 2.75) is 6.92 Å². The summed E-state index contributed by atoms with van der Waals surface area (Å²) >= 11 is 0. The van der Waals surface area contributed by atoms with E-state index in [9.17, 15) is 4.79 Å². The Hall–Kier alpha value is -2.21. The van der Waals surface area contributed by atoms with Gasteiger partial charge in [-0.15, -0.1) is 0 Å². The van der Waals surface area contributed by atoms with Gasteiger partial charge >= 0.3 is 0 Å². The van der Waals surface area contributed by atoms with E-state index in [1.165, 1.54) is 13.3 Å². The lowest BCUT2D eigenvalue weighted by molar-refractivity contribution is 0.101. The largest absolute Gasteiger partial charge is 0.490 e. The molecule has 0 atom stereocenters. The van der Waals surface area contributed by atoms with Gasteiger partial charge in [-0.1, -0.05) is 0 Å². The first-order valence-corrected chi connectivity index (χ1v) is 6.35. The van der Waals surface area contributed by atoms with Gasteiger partial charge in [0, 0.05) is 12.1 Å². The normalized spacial score (nSPS) is 10.8. The third kappa shape index (κ3) is 3.42. The van der Waals surface area contributed by atoms with Crippen molar-refractivity contribution < 1.29 is 9.53 Å². The summed E-state index contributed by atoms with van der Waals surface area (Å²) in [5.41, 5.74) is 1.39. The number of benzene rings is 1. The zero-order chi connectivity index (χ0) is 14.5. The van der Waals surface area contributed by atoms with E-state index in [4.69, 9.17) is 4.74 Å². The fourth-order valence-electron chi connectivity index (χ4n) is 1.71. The van der Waals surface area contributed by atoms with Gasteiger partial charge in [-0.3, -0.25) is 4.79 Å². The summed E-state index contributed by atoms with van der Waals surface area (Å²) in [4.78, 5) is 17.4. The van der Waals surface area contributed by atoms with Crippen LogP contribution in [0.5, 0.6) is 5.75 Å². The monoisotopic (exact) mass is 274 g/mol. The topological polar surface area (TPSA) is 60.3 Å². The maximum Gasteiger partial charge on any atom is 0.159 e. The zero-order valence-electron chi connectivity index (χ0n) is 11.9. The molecule has 1 aromatic heterocycles. The molecule has 0 amide bonds. The van der Waals surface area contributed by atoms with Crippen LogP contribution in [0.1, 0.15) is 17.3 Å². The number of ketones is 1. The van der Waals surface area contributed by atoms with Gasteiger partial charge in [-0.2, -0.15) is 5.10 Å². The van der Waals surface area contributed by atoms with Crippen molar-refractivity contribution in [3.63, 3.8) is 0 Å². The molecule has 0 fully saturated rings. The van der Waals surface area contributed by atoms with Crippen LogP contribution in [0.4, 0.5) is 0 Å². The van der Waals surface area contributed by atoms with Crippen LogP contribution < -0.4 is 4.74 Å². The van der Waals surface area contributed by atoms with E-state index in [-0.39, 0.29) is 5.78 Å². The van der Waals surface area contributed by atoms with E-state index in [0.717, 1.165) is 12.2 Å². The summed E-state index contributed by atoms with van der Waals surface area (Å²) in [5, 5.41) is 4.10. The van der Waals surface area contributed by atoms with E-state index < -0.39 is 0 Å². The van der Waals surface area contributed by atoms with Gasteiger partial charge in [0.25, 0.3) is 0 Å². The van der Waals surface area contributed by atoms with Crippen molar-refractivity contribution in [1.82, 2.24) is 19.7 Å². The predicted octanol–water partition coefficient (Wildman–Crippen LogP) is 1.41. The van der Waals surface area contributed by atoms with Crippen LogP contribution in [0, 0.1) is 0 Å². The molecular formula is C14H18N4O2. The molecule has 106 valence electrons. The van der Waals surface area contributed by atoms with Crippen LogP contribution in [0.25, 0.3) is 5.69 Å². The van der Waals surface area contributed by atoms with E-state index >= 15 is 0 Å². The number of carbonyl (C=O) groups is 1. The lowest BCUT2D eigenvalue weighted by Crippen LogP contribution is -2.20. The van der Waals surface area contributed by atoms with Gasteiger partial charge in [0.15, 0.2) is 5.78 Å². The smallest absolute Gasteiger partial charge is 0.159 e. The molecule has 1 heterocycles. The Bertz CT molecular complexity index is 579. The molecule has 6 heteroatoms. The van der Waals surface area contributed by atoms with Gasteiger partial charge in [-0.25, -0.2) is 9.67 Å². The number of hydrogen-bond acceptors (Lipinski definition) is 5. The van der Waals surface area contributed by atoms with Crippen molar-refractivity contribution in [3.8, 4) is 11.4 Å². The number of rotatable bonds is 6. The molecule has 20 heavy (non-hydrogen) atoms. The summed E-state index contributed by atoms with van der Waals surface area (Å²) in [6.45, 7) is 2.87. The average molecular weight is 274 g/mol. The summed E-state index contributed by atoms with van der Waals surface area (Å²) in [5.74, 6) is 0.637. The summed E-state index contributed by atoms with van der Waals surface area (Å²) in [6, 6.07) is 5.32. The number of nitrogens with zero attached hydrogens (tertiary/aromatic N) is 4. The van der Waals surface area contributed by atoms with Crippen LogP contribution in [0.2, 0.25) is 0 Å². The van der Waals surface area contributed by atoms with Crippen molar-refractivity contribution in [1.29, 1.82) is 0 Å². The third-order valence-electron chi connectivity index (χ3n) is 2.83. The fourth-order valence-corrected chi connectivity index (χ4v) is 1.71. The average Bonchev–Trinajstić information content (AvgIpc) is 2.91. The lowest BCUT2D eigenvalue weighted by atomic mass is 10.1. The van der Waals surface area contributed by atoms with Crippen LogP contribution in [-0.2, 0) is 0 Å². The molecule has 0 saturated heterocycles. The second-order valence-electron chi connectivity index (χ2n) is 4.73. The number of hydrogen-bond donors (Lipinski definition) is 0. The molecule has 1 aromatic carbocycles. The highest BCUT2D eigenvalue weighted by atomic mass is 16.5. The molecule has 0 saturated carbocycles. The minimum absolute atomic E-state index is 0.00704. The quantitative estimate of drug-likeness (QED) is 0.745. The van der Waals surface area contributed by atoms with Crippen molar-refractivity contribution in [3.05, 3.63) is 36.4 Å².